The fourth-order valence-corrected chi connectivity index (χ4v) is 13.0. The van der Waals surface area contributed by atoms with Gasteiger partial charge in [0.05, 0.1) is 6.10 Å². The SMILES string of the molecule is C=CCc1ccc(P(CC(O)C(O)C(=C(C)C)P(c2ccc(CC=C)c(CC=C)c2)c2ccc(CC=C)c(CC=C)c2)c2ccc(CC=C)c(CC=C)c2)cc1CC=C. The second-order valence-electron chi connectivity index (χ2n) is 15.1. The molecule has 0 spiro atoms. The largest absolute Gasteiger partial charge is 0.390 e. The molecule has 0 saturated heterocycles. The molecule has 0 amide bonds. The Morgan fingerprint density at radius 2 is 0.712 bits per heavy atom. The second-order valence-corrected chi connectivity index (χ2v) is 19.5. The van der Waals surface area contributed by atoms with Crippen LogP contribution in [0.25, 0.3) is 0 Å². The summed E-state index contributed by atoms with van der Waals surface area (Å²) in [6, 6.07) is 26.7. The summed E-state index contributed by atoms with van der Waals surface area (Å²) >= 11 is 0. The lowest BCUT2D eigenvalue weighted by Gasteiger charge is -2.33. The molecule has 0 saturated carbocycles. The molecule has 0 aromatic heterocycles. The summed E-state index contributed by atoms with van der Waals surface area (Å²) < 4.78 is 0. The molecule has 0 aliphatic rings. The highest BCUT2D eigenvalue weighted by Crippen LogP contribution is 2.49. The van der Waals surface area contributed by atoms with E-state index in [2.05, 4.69) is 139 Å². The average molecular weight is 819 g/mol. The van der Waals surface area contributed by atoms with Gasteiger partial charge in [-0.1, -0.05) is 127 Å². The highest BCUT2D eigenvalue weighted by Gasteiger charge is 2.33. The molecule has 4 aromatic rings. The van der Waals surface area contributed by atoms with Crippen molar-refractivity contribution in [2.24, 2.45) is 0 Å². The van der Waals surface area contributed by atoms with E-state index in [0.717, 1.165) is 83.5 Å². The van der Waals surface area contributed by atoms with E-state index in [1.165, 1.54) is 44.5 Å². The van der Waals surface area contributed by atoms with Gasteiger partial charge in [-0.05, 0) is 152 Å². The first-order valence-electron chi connectivity index (χ1n) is 20.5. The summed E-state index contributed by atoms with van der Waals surface area (Å²) in [5.74, 6) is 0. The van der Waals surface area contributed by atoms with Crippen LogP contribution >= 0.6 is 15.8 Å². The minimum atomic E-state index is -1.28. The molecule has 4 aromatic carbocycles. The highest BCUT2D eigenvalue weighted by atomic mass is 31.1. The molecule has 306 valence electrons. The van der Waals surface area contributed by atoms with Crippen molar-refractivity contribution >= 4 is 37.1 Å². The summed E-state index contributed by atoms with van der Waals surface area (Å²) in [7, 11) is -2.39. The van der Waals surface area contributed by atoms with Gasteiger partial charge in [0.15, 0.2) is 0 Å². The molecular formula is C55H64O2P2. The van der Waals surface area contributed by atoms with Crippen molar-refractivity contribution < 1.29 is 10.2 Å². The predicted molar refractivity (Wildman–Crippen MR) is 265 cm³/mol. The van der Waals surface area contributed by atoms with Gasteiger partial charge in [0.1, 0.15) is 6.10 Å². The predicted octanol–water partition coefficient (Wildman–Crippen LogP) is 11.1. The van der Waals surface area contributed by atoms with Gasteiger partial charge in [0.25, 0.3) is 0 Å². The van der Waals surface area contributed by atoms with Gasteiger partial charge in [0.2, 0.25) is 0 Å². The summed E-state index contributed by atoms with van der Waals surface area (Å²) in [5, 5.41) is 30.7. The number of hydrogen-bond acceptors (Lipinski definition) is 2. The monoisotopic (exact) mass is 818 g/mol. The zero-order valence-electron chi connectivity index (χ0n) is 35.5. The molecule has 0 fully saturated rings. The summed E-state index contributed by atoms with van der Waals surface area (Å²) in [4.78, 5) is 0. The van der Waals surface area contributed by atoms with E-state index >= 15 is 0 Å². The molecule has 4 rings (SSSR count). The Bertz CT molecular complexity index is 2050. The number of allylic oxidation sites excluding steroid dienone is 9. The Hall–Kier alpha value is -4.68. The number of hydrogen-bond donors (Lipinski definition) is 2. The molecule has 2 atom stereocenters. The van der Waals surface area contributed by atoms with Crippen LogP contribution in [0, 0.1) is 0 Å². The van der Waals surface area contributed by atoms with Crippen molar-refractivity contribution in [3.8, 4) is 0 Å². The van der Waals surface area contributed by atoms with Crippen LogP contribution < -0.4 is 21.2 Å². The van der Waals surface area contributed by atoms with Crippen molar-refractivity contribution in [3.63, 3.8) is 0 Å². The van der Waals surface area contributed by atoms with Crippen LogP contribution in [0.5, 0.6) is 0 Å². The first-order valence-corrected chi connectivity index (χ1v) is 23.4. The van der Waals surface area contributed by atoms with Crippen molar-refractivity contribution in [2.75, 3.05) is 6.16 Å². The molecule has 2 nitrogen and oxygen atoms in total. The maximum absolute atomic E-state index is 12.7. The van der Waals surface area contributed by atoms with Crippen molar-refractivity contribution in [2.45, 2.75) is 77.4 Å². The topological polar surface area (TPSA) is 40.5 Å². The van der Waals surface area contributed by atoms with E-state index in [9.17, 15) is 10.2 Å². The van der Waals surface area contributed by atoms with Crippen LogP contribution in [-0.2, 0) is 51.4 Å². The zero-order chi connectivity index (χ0) is 42.9. The van der Waals surface area contributed by atoms with E-state index < -0.39 is 28.1 Å². The van der Waals surface area contributed by atoms with Gasteiger partial charge >= 0.3 is 0 Å². The molecule has 59 heavy (non-hydrogen) atoms. The Balaban J connectivity index is 1.93. The van der Waals surface area contributed by atoms with Crippen LogP contribution in [0.2, 0.25) is 0 Å². The van der Waals surface area contributed by atoms with Gasteiger partial charge in [-0.3, -0.25) is 0 Å². The number of aliphatic hydroxyl groups is 2. The summed E-state index contributed by atoms with van der Waals surface area (Å²) in [6.45, 7) is 36.4. The normalized spacial score (nSPS) is 12.0. The minimum absolute atomic E-state index is 0.374. The zero-order valence-corrected chi connectivity index (χ0v) is 37.3. The Morgan fingerprint density at radius 1 is 0.441 bits per heavy atom. The fourth-order valence-electron chi connectivity index (χ4n) is 7.77. The number of benzene rings is 4. The molecule has 0 aliphatic carbocycles. The Labute approximate surface area is 358 Å². The van der Waals surface area contributed by atoms with Crippen molar-refractivity contribution in [1.29, 1.82) is 0 Å². The van der Waals surface area contributed by atoms with Gasteiger partial charge in [-0.15, -0.1) is 52.6 Å². The average Bonchev–Trinajstić information content (AvgIpc) is 3.22. The standard InChI is InChI=1S/C55H64O2P2/c1-11-19-41-27-31-49(35-45(41)23-15-5)58(50-32-28-42(20-12-2)46(36-50)24-16-6)39-53(56)54(57)55(40(9)10)59(51-33-29-43(21-13-3)47(37-51)25-17-7)52-34-30-44(22-14-4)48(38-52)26-18-8/h11-18,27-38,53-54,56-57H,1-8,19-26,39H2,9-10H3. The van der Waals surface area contributed by atoms with Gasteiger partial charge in [0, 0.05) is 6.16 Å². The molecule has 0 radical (unpaired) electrons. The van der Waals surface area contributed by atoms with E-state index in [4.69, 9.17) is 0 Å². The van der Waals surface area contributed by atoms with Crippen LogP contribution in [0.3, 0.4) is 0 Å². The molecule has 2 N–H and O–H groups in total. The maximum Gasteiger partial charge on any atom is 0.106 e. The van der Waals surface area contributed by atoms with Crippen molar-refractivity contribution in [1.82, 2.24) is 0 Å². The van der Waals surface area contributed by atoms with E-state index in [0.29, 0.717) is 6.16 Å². The van der Waals surface area contributed by atoms with Crippen LogP contribution in [-0.4, -0.2) is 28.6 Å². The first-order chi connectivity index (χ1) is 28.6. The van der Waals surface area contributed by atoms with Crippen LogP contribution in [0.1, 0.15) is 58.4 Å². The lowest BCUT2D eigenvalue weighted by molar-refractivity contribution is 0.0615. The molecular weight excluding hydrogens is 755 g/mol. The van der Waals surface area contributed by atoms with Crippen molar-refractivity contribution in [3.05, 3.63) is 229 Å². The molecule has 0 heterocycles. The van der Waals surface area contributed by atoms with E-state index in [-0.39, 0.29) is 0 Å². The smallest absolute Gasteiger partial charge is 0.106 e. The van der Waals surface area contributed by atoms with Gasteiger partial charge in [-0.25, -0.2) is 0 Å². The Kier molecular flexibility index (Phi) is 19.0. The van der Waals surface area contributed by atoms with E-state index in [1.807, 2.05) is 48.6 Å². The maximum atomic E-state index is 12.7. The Morgan fingerprint density at radius 3 is 1.00 bits per heavy atom. The van der Waals surface area contributed by atoms with Crippen LogP contribution in [0.15, 0.2) is 185 Å². The van der Waals surface area contributed by atoms with Gasteiger partial charge in [-0.2, -0.15) is 0 Å². The lowest BCUT2D eigenvalue weighted by atomic mass is 10.0. The third-order valence-electron chi connectivity index (χ3n) is 10.6. The van der Waals surface area contributed by atoms with Crippen LogP contribution in [0.4, 0.5) is 0 Å². The van der Waals surface area contributed by atoms with E-state index in [1.54, 1.807) is 0 Å². The quantitative estimate of drug-likeness (QED) is 0.0517. The molecule has 2 unspecified atom stereocenters. The molecule has 4 heteroatoms. The fraction of sp³-hybridized carbons (Fsp3) is 0.236. The highest BCUT2D eigenvalue weighted by molar-refractivity contribution is 7.77. The third-order valence-corrected chi connectivity index (χ3v) is 15.9. The lowest BCUT2D eigenvalue weighted by Crippen LogP contribution is -2.35. The second kappa shape index (κ2) is 23.8. The summed E-state index contributed by atoms with van der Waals surface area (Å²) in [6.07, 6.45) is 19.7. The number of rotatable bonds is 25. The first kappa shape index (κ1) is 47.0. The third kappa shape index (κ3) is 12.2. The molecule has 0 aliphatic heterocycles. The summed E-state index contributed by atoms with van der Waals surface area (Å²) in [5.41, 5.74) is 10.6. The van der Waals surface area contributed by atoms with Gasteiger partial charge < -0.3 is 10.2 Å². The number of aliphatic hydroxyl groups excluding tert-OH is 2. The minimum Gasteiger partial charge on any atom is -0.390 e. The molecule has 0 bridgehead atoms.